The summed E-state index contributed by atoms with van der Waals surface area (Å²) in [6.45, 7) is 3.69. The van der Waals surface area contributed by atoms with Crippen LogP contribution in [0.25, 0.3) is 0 Å². The first-order valence-corrected chi connectivity index (χ1v) is 7.38. The number of aromatic nitrogens is 1. The summed E-state index contributed by atoms with van der Waals surface area (Å²) in [5.74, 6) is 0.723. The molecule has 0 saturated carbocycles. The number of nitrogens with one attached hydrogen (secondary N) is 1. The zero-order chi connectivity index (χ0) is 14.4. The van der Waals surface area contributed by atoms with E-state index < -0.39 is 0 Å². The minimum absolute atomic E-state index is 0.00861. The van der Waals surface area contributed by atoms with Gasteiger partial charge in [0.15, 0.2) is 0 Å². The van der Waals surface area contributed by atoms with Crippen molar-refractivity contribution in [2.75, 3.05) is 25.0 Å². The molecule has 1 aromatic heterocycles. The van der Waals surface area contributed by atoms with Crippen molar-refractivity contribution in [1.29, 1.82) is 0 Å². The van der Waals surface area contributed by atoms with Crippen molar-refractivity contribution in [3.8, 4) is 0 Å². The Hall–Kier alpha value is -1.62. The first-order valence-electron chi connectivity index (χ1n) is 7.38. The molecule has 1 atom stereocenters. The average Bonchev–Trinajstić information content (AvgIpc) is 2.52. The lowest BCUT2D eigenvalue weighted by Crippen LogP contribution is -2.45. The number of pyridine rings is 1. The molecular weight excluding hydrogens is 254 g/mol. The number of carbonyl (C=O) groups excluding carboxylic acids is 1. The third-order valence-corrected chi connectivity index (χ3v) is 3.66. The summed E-state index contributed by atoms with van der Waals surface area (Å²) < 4.78 is 0. The van der Waals surface area contributed by atoms with Crippen molar-refractivity contribution in [1.82, 2.24) is 9.88 Å². The maximum absolute atomic E-state index is 12.6. The van der Waals surface area contributed by atoms with E-state index in [1.54, 1.807) is 23.2 Å². The third-order valence-electron chi connectivity index (χ3n) is 3.66. The lowest BCUT2D eigenvalue weighted by molar-refractivity contribution is 0.0503. The largest absolute Gasteiger partial charge is 0.394 e. The van der Waals surface area contributed by atoms with Gasteiger partial charge in [0.1, 0.15) is 5.82 Å². The Balaban J connectivity index is 2.11. The highest BCUT2D eigenvalue weighted by atomic mass is 16.3. The molecule has 5 nitrogen and oxygen atoms in total. The van der Waals surface area contributed by atoms with Gasteiger partial charge in [0.25, 0.3) is 5.91 Å². The summed E-state index contributed by atoms with van der Waals surface area (Å²) >= 11 is 0. The molecular formula is C15H23N3O2. The summed E-state index contributed by atoms with van der Waals surface area (Å²) in [6.07, 6.45) is 5.64. The molecule has 1 aliphatic heterocycles. The number of piperidine rings is 1. The predicted molar refractivity (Wildman–Crippen MR) is 78.8 cm³/mol. The van der Waals surface area contributed by atoms with Crippen molar-refractivity contribution in [3.63, 3.8) is 0 Å². The van der Waals surface area contributed by atoms with Gasteiger partial charge in [-0.2, -0.15) is 0 Å². The highest BCUT2D eigenvalue weighted by Gasteiger charge is 2.26. The highest BCUT2D eigenvalue weighted by molar-refractivity contribution is 5.95. The smallest absolute Gasteiger partial charge is 0.254 e. The minimum Gasteiger partial charge on any atom is -0.394 e. The topological polar surface area (TPSA) is 65.5 Å². The molecule has 2 heterocycles. The quantitative estimate of drug-likeness (QED) is 0.862. The van der Waals surface area contributed by atoms with E-state index in [2.05, 4.69) is 17.2 Å². The van der Waals surface area contributed by atoms with Crippen LogP contribution in [0.2, 0.25) is 0 Å². The molecule has 0 aliphatic carbocycles. The van der Waals surface area contributed by atoms with Crippen LogP contribution in [-0.4, -0.2) is 46.6 Å². The van der Waals surface area contributed by atoms with Crippen molar-refractivity contribution in [2.24, 2.45) is 0 Å². The van der Waals surface area contributed by atoms with Gasteiger partial charge in [-0.3, -0.25) is 4.79 Å². The second kappa shape index (κ2) is 7.24. The van der Waals surface area contributed by atoms with Crippen molar-refractivity contribution >= 4 is 11.7 Å². The Labute approximate surface area is 120 Å². The second-order valence-electron chi connectivity index (χ2n) is 5.19. The van der Waals surface area contributed by atoms with Gasteiger partial charge >= 0.3 is 0 Å². The summed E-state index contributed by atoms with van der Waals surface area (Å²) in [4.78, 5) is 18.6. The fourth-order valence-electron chi connectivity index (χ4n) is 2.54. The van der Waals surface area contributed by atoms with Gasteiger partial charge < -0.3 is 15.3 Å². The van der Waals surface area contributed by atoms with Crippen LogP contribution in [0, 0.1) is 0 Å². The number of hydrogen-bond donors (Lipinski definition) is 2. The molecule has 110 valence electrons. The number of likely N-dealkylation sites (tertiary alicyclic amines) is 1. The molecule has 1 saturated heterocycles. The third kappa shape index (κ3) is 3.48. The molecule has 1 amide bonds. The van der Waals surface area contributed by atoms with Crippen molar-refractivity contribution in [3.05, 3.63) is 23.9 Å². The van der Waals surface area contributed by atoms with E-state index in [1.165, 1.54) is 0 Å². The molecule has 0 aromatic carbocycles. The van der Waals surface area contributed by atoms with E-state index >= 15 is 0 Å². The predicted octanol–water partition coefficient (Wildman–Crippen LogP) is 1.89. The van der Waals surface area contributed by atoms with Crippen LogP contribution in [-0.2, 0) is 0 Å². The molecule has 2 N–H and O–H groups in total. The summed E-state index contributed by atoms with van der Waals surface area (Å²) in [5.41, 5.74) is 0.638. The Kier molecular flexibility index (Phi) is 5.35. The fourth-order valence-corrected chi connectivity index (χ4v) is 2.54. The number of hydrogen-bond acceptors (Lipinski definition) is 4. The van der Waals surface area contributed by atoms with Gasteiger partial charge in [0.2, 0.25) is 0 Å². The standard InChI is InChI=1S/C15H23N3O2/c1-2-7-16-14-10-12(6-8-17-14)15(20)18-9-4-3-5-13(18)11-19/h6,8,10,13,19H,2-5,7,9,11H2,1H3,(H,16,17). The van der Waals surface area contributed by atoms with Crippen LogP contribution in [0.4, 0.5) is 5.82 Å². The van der Waals surface area contributed by atoms with E-state index in [4.69, 9.17) is 0 Å². The van der Waals surface area contributed by atoms with E-state index in [0.29, 0.717) is 5.56 Å². The Morgan fingerprint density at radius 3 is 3.15 bits per heavy atom. The number of carbonyl (C=O) groups is 1. The van der Waals surface area contributed by atoms with Crippen LogP contribution in [0.15, 0.2) is 18.3 Å². The van der Waals surface area contributed by atoms with Crippen LogP contribution < -0.4 is 5.32 Å². The molecule has 0 radical (unpaired) electrons. The first kappa shape index (κ1) is 14.8. The first-order chi connectivity index (χ1) is 9.76. The molecule has 1 aromatic rings. The van der Waals surface area contributed by atoms with E-state index in [9.17, 15) is 9.90 Å². The minimum atomic E-state index is -0.0449. The van der Waals surface area contributed by atoms with Gasteiger partial charge in [0.05, 0.1) is 12.6 Å². The molecule has 20 heavy (non-hydrogen) atoms. The number of aliphatic hydroxyl groups excluding tert-OH is 1. The second-order valence-corrected chi connectivity index (χ2v) is 5.19. The lowest BCUT2D eigenvalue weighted by Gasteiger charge is -2.34. The maximum Gasteiger partial charge on any atom is 0.254 e. The molecule has 0 spiro atoms. The Morgan fingerprint density at radius 1 is 1.55 bits per heavy atom. The van der Waals surface area contributed by atoms with Gasteiger partial charge in [-0.05, 0) is 37.8 Å². The van der Waals surface area contributed by atoms with Crippen molar-refractivity contribution < 1.29 is 9.90 Å². The monoisotopic (exact) mass is 277 g/mol. The van der Waals surface area contributed by atoms with Crippen molar-refractivity contribution in [2.45, 2.75) is 38.6 Å². The van der Waals surface area contributed by atoms with E-state index in [1.807, 2.05) is 0 Å². The van der Waals surface area contributed by atoms with Gasteiger partial charge in [-0.15, -0.1) is 0 Å². The molecule has 2 rings (SSSR count). The lowest BCUT2D eigenvalue weighted by atomic mass is 10.0. The number of nitrogens with zero attached hydrogens (tertiary/aromatic N) is 2. The zero-order valence-electron chi connectivity index (χ0n) is 12.0. The van der Waals surface area contributed by atoms with Gasteiger partial charge in [-0.1, -0.05) is 6.92 Å². The van der Waals surface area contributed by atoms with Crippen LogP contribution in [0.5, 0.6) is 0 Å². The average molecular weight is 277 g/mol. The Morgan fingerprint density at radius 2 is 2.40 bits per heavy atom. The molecule has 0 bridgehead atoms. The van der Waals surface area contributed by atoms with Crippen LogP contribution in [0.3, 0.4) is 0 Å². The molecule has 1 aliphatic rings. The SMILES string of the molecule is CCCNc1cc(C(=O)N2CCCCC2CO)ccn1. The number of aliphatic hydroxyl groups is 1. The number of anilines is 1. The maximum atomic E-state index is 12.6. The fraction of sp³-hybridized carbons (Fsp3) is 0.600. The van der Waals surface area contributed by atoms with Gasteiger partial charge in [0, 0.05) is 24.8 Å². The summed E-state index contributed by atoms with van der Waals surface area (Å²) in [7, 11) is 0. The molecule has 1 unspecified atom stereocenters. The highest BCUT2D eigenvalue weighted by Crippen LogP contribution is 2.20. The normalized spacial score (nSPS) is 18.9. The van der Waals surface area contributed by atoms with E-state index in [-0.39, 0.29) is 18.6 Å². The summed E-state index contributed by atoms with van der Waals surface area (Å²) in [5, 5.41) is 12.6. The van der Waals surface area contributed by atoms with E-state index in [0.717, 1.165) is 44.6 Å². The molecule has 1 fully saturated rings. The van der Waals surface area contributed by atoms with Crippen LogP contribution in [0.1, 0.15) is 43.0 Å². The van der Waals surface area contributed by atoms with Gasteiger partial charge in [-0.25, -0.2) is 4.98 Å². The Bertz CT molecular complexity index is 450. The zero-order valence-corrected chi connectivity index (χ0v) is 12.0. The molecule has 5 heteroatoms. The summed E-state index contributed by atoms with van der Waals surface area (Å²) in [6, 6.07) is 3.49. The van der Waals surface area contributed by atoms with Crippen LogP contribution >= 0.6 is 0 Å². The number of amides is 1. The number of rotatable bonds is 5.